The lowest BCUT2D eigenvalue weighted by Gasteiger charge is -2.32. The Kier molecular flexibility index (Phi) is 4.85. The van der Waals surface area contributed by atoms with Crippen molar-refractivity contribution in [3.8, 4) is 0 Å². The Labute approximate surface area is 180 Å². The van der Waals surface area contributed by atoms with E-state index in [4.69, 9.17) is 0 Å². The minimum Gasteiger partial charge on any atom is -0.337 e. The van der Waals surface area contributed by atoms with Crippen molar-refractivity contribution in [3.63, 3.8) is 0 Å². The Morgan fingerprint density at radius 3 is 2.58 bits per heavy atom. The minimum absolute atomic E-state index is 0.0247. The van der Waals surface area contributed by atoms with Crippen molar-refractivity contribution in [1.82, 2.24) is 18.9 Å². The molecule has 1 aliphatic heterocycles. The number of carbonyl (C=O) groups is 1. The fourth-order valence-electron chi connectivity index (χ4n) is 4.63. The first-order valence-corrected chi connectivity index (χ1v) is 10.8. The first-order valence-electron chi connectivity index (χ1n) is 10.8. The lowest BCUT2D eigenvalue weighted by molar-refractivity contribution is 0.0681. The number of amides is 1. The molecule has 6 nitrogen and oxygen atoms in total. The standard InChI is InChI=1S/C25H26N4O2/c1-17-8-9-22-26-23-20(24(30)29(22)16-17)15-21(27(23)2)25(31)28-12-10-19(11-13-28)14-18-6-4-3-5-7-18/h3-9,15-16,19H,10-14H2,1-2H3. The maximum absolute atomic E-state index is 13.3. The number of aromatic nitrogens is 3. The van der Waals surface area contributed by atoms with Gasteiger partial charge in [0.2, 0.25) is 0 Å². The highest BCUT2D eigenvalue weighted by atomic mass is 16.2. The minimum atomic E-state index is -0.139. The van der Waals surface area contributed by atoms with Crippen LogP contribution in [0.3, 0.4) is 0 Å². The lowest BCUT2D eigenvalue weighted by Crippen LogP contribution is -2.39. The van der Waals surface area contributed by atoms with E-state index in [1.54, 1.807) is 21.2 Å². The van der Waals surface area contributed by atoms with Crippen molar-refractivity contribution >= 4 is 22.6 Å². The Morgan fingerprint density at radius 2 is 1.84 bits per heavy atom. The van der Waals surface area contributed by atoms with E-state index in [-0.39, 0.29) is 11.5 Å². The SMILES string of the molecule is Cc1ccc2nc3c(cc(C(=O)N4CCC(Cc5ccccc5)CC4)n3C)c(=O)n2c1. The smallest absolute Gasteiger partial charge is 0.270 e. The van der Waals surface area contributed by atoms with Crippen LogP contribution in [0.25, 0.3) is 16.7 Å². The highest BCUT2D eigenvalue weighted by Gasteiger charge is 2.26. The van der Waals surface area contributed by atoms with Gasteiger partial charge in [-0.1, -0.05) is 36.4 Å². The number of hydrogen-bond acceptors (Lipinski definition) is 3. The summed E-state index contributed by atoms with van der Waals surface area (Å²) in [5, 5.41) is 0.480. The van der Waals surface area contributed by atoms with Crippen LogP contribution in [0.4, 0.5) is 0 Å². The topological polar surface area (TPSA) is 59.6 Å². The van der Waals surface area contributed by atoms with Gasteiger partial charge in [-0.2, -0.15) is 0 Å². The van der Waals surface area contributed by atoms with Gasteiger partial charge in [0, 0.05) is 26.3 Å². The molecule has 1 aliphatic rings. The van der Waals surface area contributed by atoms with Crippen LogP contribution in [0.15, 0.2) is 59.5 Å². The highest BCUT2D eigenvalue weighted by molar-refractivity contribution is 5.98. The maximum Gasteiger partial charge on any atom is 0.270 e. The normalized spacial score (nSPS) is 15.1. The molecule has 0 spiro atoms. The molecule has 1 fully saturated rings. The number of nitrogens with zero attached hydrogens (tertiary/aromatic N) is 4. The van der Waals surface area contributed by atoms with Gasteiger partial charge in [-0.3, -0.25) is 14.0 Å². The Morgan fingerprint density at radius 1 is 1.10 bits per heavy atom. The van der Waals surface area contributed by atoms with Crippen molar-refractivity contribution < 1.29 is 4.79 Å². The van der Waals surface area contributed by atoms with E-state index in [1.807, 2.05) is 37.1 Å². The number of pyridine rings is 1. The van der Waals surface area contributed by atoms with Crippen molar-refractivity contribution in [2.24, 2.45) is 13.0 Å². The molecule has 5 rings (SSSR count). The van der Waals surface area contributed by atoms with Gasteiger partial charge in [0.25, 0.3) is 11.5 Å². The molecule has 1 saturated heterocycles. The van der Waals surface area contributed by atoms with Crippen LogP contribution in [0, 0.1) is 12.8 Å². The third-order valence-corrected chi connectivity index (χ3v) is 6.43. The molecule has 0 unspecified atom stereocenters. The Balaban J connectivity index is 1.39. The van der Waals surface area contributed by atoms with Crippen LogP contribution in [-0.4, -0.2) is 37.8 Å². The monoisotopic (exact) mass is 414 g/mol. The van der Waals surface area contributed by atoms with Crippen LogP contribution in [0.1, 0.15) is 34.5 Å². The molecule has 6 heteroatoms. The summed E-state index contributed by atoms with van der Waals surface area (Å²) >= 11 is 0. The molecule has 4 aromatic rings. The number of benzene rings is 1. The molecule has 1 amide bonds. The number of rotatable bonds is 3. The summed E-state index contributed by atoms with van der Waals surface area (Å²) in [5.74, 6) is 0.571. The summed E-state index contributed by atoms with van der Waals surface area (Å²) in [4.78, 5) is 32.8. The average Bonchev–Trinajstić information content (AvgIpc) is 3.12. The van der Waals surface area contributed by atoms with E-state index < -0.39 is 0 Å². The number of aryl methyl sites for hydroxylation is 2. The van der Waals surface area contributed by atoms with E-state index in [2.05, 4.69) is 29.2 Å². The molecule has 0 N–H and O–H groups in total. The second-order valence-electron chi connectivity index (χ2n) is 8.60. The zero-order chi connectivity index (χ0) is 21.5. The third-order valence-electron chi connectivity index (χ3n) is 6.43. The molecule has 0 radical (unpaired) electrons. The second kappa shape index (κ2) is 7.69. The van der Waals surface area contributed by atoms with Crippen LogP contribution in [-0.2, 0) is 13.5 Å². The zero-order valence-electron chi connectivity index (χ0n) is 17.9. The Bertz CT molecular complexity index is 1330. The van der Waals surface area contributed by atoms with Gasteiger partial charge in [0.1, 0.15) is 17.0 Å². The molecule has 3 aromatic heterocycles. The van der Waals surface area contributed by atoms with Crippen LogP contribution in [0.5, 0.6) is 0 Å². The predicted molar refractivity (Wildman–Crippen MR) is 121 cm³/mol. The van der Waals surface area contributed by atoms with Gasteiger partial charge < -0.3 is 9.47 Å². The summed E-state index contributed by atoms with van der Waals surface area (Å²) < 4.78 is 3.32. The summed E-state index contributed by atoms with van der Waals surface area (Å²) in [5.41, 5.74) is 3.87. The maximum atomic E-state index is 13.3. The van der Waals surface area contributed by atoms with Crippen LogP contribution in [0.2, 0.25) is 0 Å². The molecule has 0 bridgehead atoms. The molecule has 0 aliphatic carbocycles. The molecule has 1 aromatic carbocycles. The van der Waals surface area contributed by atoms with Gasteiger partial charge in [-0.15, -0.1) is 0 Å². The zero-order valence-corrected chi connectivity index (χ0v) is 17.9. The van der Waals surface area contributed by atoms with Crippen molar-refractivity contribution in [1.29, 1.82) is 0 Å². The van der Waals surface area contributed by atoms with Crippen molar-refractivity contribution in [2.45, 2.75) is 26.2 Å². The first-order chi connectivity index (χ1) is 15.0. The highest BCUT2D eigenvalue weighted by Crippen LogP contribution is 2.24. The summed E-state index contributed by atoms with van der Waals surface area (Å²) in [7, 11) is 1.81. The van der Waals surface area contributed by atoms with E-state index in [9.17, 15) is 9.59 Å². The molecule has 158 valence electrons. The average molecular weight is 415 g/mol. The van der Waals surface area contributed by atoms with E-state index in [0.29, 0.717) is 28.3 Å². The number of piperidine rings is 1. The van der Waals surface area contributed by atoms with Crippen molar-refractivity contribution in [2.75, 3.05) is 13.1 Å². The van der Waals surface area contributed by atoms with E-state index in [0.717, 1.165) is 37.9 Å². The number of hydrogen-bond donors (Lipinski definition) is 0. The first kappa shape index (κ1) is 19.5. The largest absolute Gasteiger partial charge is 0.337 e. The molecule has 0 saturated carbocycles. The van der Waals surface area contributed by atoms with Gasteiger partial charge in [0.15, 0.2) is 0 Å². The predicted octanol–water partition coefficient (Wildman–Crippen LogP) is 3.59. The van der Waals surface area contributed by atoms with Gasteiger partial charge in [-0.05, 0) is 55.4 Å². The fraction of sp³-hybridized carbons (Fsp3) is 0.320. The number of carbonyl (C=O) groups excluding carboxylic acids is 1. The molecular weight excluding hydrogens is 388 g/mol. The van der Waals surface area contributed by atoms with E-state index >= 15 is 0 Å². The lowest BCUT2D eigenvalue weighted by atomic mass is 9.90. The Hall–Kier alpha value is -3.41. The van der Waals surface area contributed by atoms with Crippen molar-refractivity contribution in [3.05, 3.63) is 81.9 Å². The molecule has 31 heavy (non-hydrogen) atoms. The fourth-order valence-corrected chi connectivity index (χ4v) is 4.63. The number of fused-ring (bicyclic) bond motifs is 2. The quantitative estimate of drug-likeness (QED) is 0.515. The molecule has 0 atom stereocenters. The molecule has 4 heterocycles. The van der Waals surface area contributed by atoms with Gasteiger partial charge in [-0.25, -0.2) is 4.98 Å². The van der Waals surface area contributed by atoms with Gasteiger partial charge in [0.05, 0.1) is 5.39 Å². The second-order valence-corrected chi connectivity index (χ2v) is 8.60. The molecular formula is C25H26N4O2. The van der Waals surface area contributed by atoms with Crippen LogP contribution < -0.4 is 5.56 Å². The summed E-state index contributed by atoms with van der Waals surface area (Å²) in [6, 6.07) is 16.0. The summed E-state index contributed by atoms with van der Waals surface area (Å²) in [6.07, 6.45) is 4.84. The van der Waals surface area contributed by atoms with E-state index in [1.165, 1.54) is 5.56 Å². The van der Waals surface area contributed by atoms with Crippen LogP contribution >= 0.6 is 0 Å². The third kappa shape index (κ3) is 3.52. The van der Waals surface area contributed by atoms with Gasteiger partial charge >= 0.3 is 0 Å². The number of likely N-dealkylation sites (tertiary alicyclic amines) is 1. The summed E-state index contributed by atoms with van der Waals surface area (Å²) in [6.45, 7) is 3.42.